The molecule has 6 rings (SSSR count). The van der Waals surface area contributed by atoms with Crippen LogP contribution >= 0.6 is 11.6 Å². The maximum atomic E-state index is 14.3. The molecule has 1 spiro atoms. The van der Waals surface area contributed by atoms with Crippen molar-refractivity contribution in [1.82, 2.24) is 15.3 Å². The first-order valence-corrected chi connectivity index (χ1v) is 14.9. The molecule has 46 heavy (non-hydrogen) atoms. The van der Waals surface area contributed by atoms with Gasteiger partial charge in [0.15, 0.2) is 28.8 Å². The van der Waals surface area contributed by atoms with Crippen molar-refractivity contribution in [2.45, 2.75) is 31.3 Å². The summed E-state index contributed by atoms with van der Waals surface area (Å²) in [6.45, 7) is 2.22. The van der Waals surface area contributed by atoms with Gasteiger partial charge in [-0.1, -0.05) is 24.6 Å². The number of halogens is 1. The van der Waals surface area contributed by atoms with Crippen LogP contribution in [0.3, 0.4) is 0 Å². The van der Waals surface area contributed by atoms with E-state index in [1.807, 2.05) is 0 Å². The summed E-state index contributed by atoms with van der Waals surface area (Å²) in [4.78, 5) is 49.6. The fourth-order valence-electron chi connectivity index (χ4n) is 6.08. The van der Waals surface area contributed by atoms with Gasteiger partial charge in [0, 0.05) is 61.8 Å². The van der Waals surface area contributed by atoms with E-state index in [1.165, 1.54) is 20.3 Å². The Bertz CT molecular complexity index is 1750. The first kappa shape index (κ1) is 31.0. The zero-order chi connectivity index (χ0) is 32.6. The molecule has 3 N–H and O–H groups in total. The van der Waals surface area contributed by atoms with Gasteiger partial charge in [0.2, 0.25) is 30.0 Å². The quantitative estimate of drug-likeness (QED) is 0.270. The number of nitrogens with one attached hydrogen (secondary N) is 2. The van der Waals surface area contributed by atoms with Crippen LogP contribution in [0.2, 0.25) is 5.02 Å². The van der Waals surface area contributed by atoms with Crippen LogP contribution in [-0.4, -0.2) is 72.3 Å². The van der Waals surface area contributed by atoms with Crippen LogP contribution in [0.25, 0.3) is 0 Å². The summed E-state index contributed by atoms with van der Waals surface area (Å²) < 4.78 is 28.1. The average Bonchev–Trinajstić information content (AvgIpc) is 3.65. The Balaban J connectivity index is 1.37. The number of hydrogen-bond donors (Lipinski definition) is 3. The predicted molar refractivity (Wildman–Crippen MR) is 164 cm³/mol. The molecule has 1 amide bonds. The summed E-state index contributed by atoms with van der Waals surface area (Å²) in [7, 11) is 2.79. The van der Waals surface area contributed by atoms with Gasteiger partial charge < -0.3 is 39.4 Å². The number of benzene rings is 2. The molecule has 1 aliphatic carbocycles. The average molecular weight is 651 g/mol. The summed E-state index contributed by atoms with van der Waals surface area (Å²) in [6, 6.07) is 8.16. The number of ether oxygens (including phenoxy) is 5. The number of allylic oxidation sites excluding steroid dienone is 1. The first-order chi connectivity index (χ1) is 22.2. The summed E-state index contributed by atoms with van der Waals surface area (Å²) in [5, 5.41) is 17.9. The second-order valence-electron chi connectivity index (χ2n) is 11.0. The molecule has 0 bridgehead atoms. The van der Waals surface area contributed by atoms with E-state index >= 15 is 0 Å². The van der Waals surface area contributed by atoms with E-state index in [2.05, 4.69) is 20.6 Å². The van der Waals surface area contributed by atoms with Crippen LogP contribution in [0.1, 0.15) is 41.6 Å². The van der Waals surface area contributed by atoms with Crippen molar-refractivity contribution < 1.29 is 43.2 Å². The van der Waals surface area contributed by atoms with Crippen molar-refractivity contribution in [3.8, 4) is 28.7 Å². The third kappa shape index (κ3) is 5.19. The van der Waals surface area contributed by atoms with Crippen LogP contribution in [-0.2, 0) is 9.59 Å². The maximum Gasteiger partial charge on any atom is 0.231 e. The van der Waals surface area contributed by atoms with Crippen LogP contribution in [0.15, 0.2) is 54.1 Å². The maximum absolute atomic E-state index is 14.3. The number of anilines is 1. The summed E-state index contributed by atoms with van der Waals surface area (Å²) >= 11 is 6.58. The monoisotopic (exact) mass is 650 g/mol. The van der Waals surface area contributed by atoms with E-state index in [9.17, 15) is 19.5 Å². The Morgan fingerprint density at radius 1 is 1.11 bits per heavy atom. The third-order valence-electron chi connectivity index (χ3n) is 8.34. The molecule has 1 unspecified atom stereocenters. The molecular weight excluding hydrogens is 620 g/mol. The minimum atomic E-state index is -2.00. The molecule has 240 valence electrons. The molecule has 3 heterocycles. The number of aromatic nitrogens is 2. The highest BCUT2D eigenvalue weighted by Crippen LogP contribution is 2.56. The molecule has 3 aliphatic rings. The summed E-state index contributed by atoms with van der Waals surface area (Å²) in [5.41, 5.74) is -1.60. The number of amides is 1. The number of rotatable bonds is 10. The van der Waals surface area contributed by atoms with E-state index in [-0.39, 0.29) is 59.6 Å². The van der Waals surface area contributed by atoms with Gasteiger partial charge in [-0.15, -0.1) is 0 Å². The van der Waals surface area contributed by atoms with E-state index < -0.39 is 40.7 Å². The van der Waals surface area contributed by atoms with Crippen molar-refractivity contribution in [3.63, 3.8) is 0 Å². The predicted octanol–water partition coefficient (Wildman–Crippen LogP) is 4.01. The number of carbonyl (C=O) groups excluding carboxylic acids is 3. The molecule has 0 fully saturated rings. The van der Waals surface area contributed by atoms with Crippen molar-refractivity contribution in [2.24, 2.45) is 5.92 Å². The molecule has 13 nitrogen and oxygen atoms in total. The van der Waals surface area contributed by atoms with Gasteiger partial charge in [-0.3, -0.25) is 14.4 Å². The molecule has 2 aliphatic heterocycles. The highest BCUT2D eigenvalue weighted by Gasteiger charge is 2.61. The lowest BCUT2D eigenvalue weighted by Gasteiger charge is -2.38. The zero-order valence-corrected chi connectivity index (χ0v) is 26.0. The number of aliphatic hydroxyl groups is 1. The molecular formula is C32H31ClN4O9. The van der Waals surface area contributed by atoms with Crippen LogP contribution in [0, 0.1) is 5.92 Å². The SMILES string of the molecule is COc1cc(OC)c2c(c1Cl)O[C@]1(C2=O)C(O)=C(C(CC(=O)NCCNc2ncccn2)c2ccc3c(c2)OCO3)C(=O)C[C@H]1C. The van der Waals surface area contributed by atoms with Crippen LogP contribution in [0.4, 0.5) is 5.95 Å². The molecule has 2 aromatic carbocycles. The number of carbonyl (C=O) groups is 3. The van der Waals surface area contributed by atoms with E-state index in [0.29, 0.717) is 29.6 Å². The number of Topliss-reactive ketones (excluding diaryl/α,β-unsaturated/α-hetero) is 2. The molecule has 0 saturated heterocycles. The smallest absolute Gasteiger partial charge is 0.231 e. The minimum absolute atomic E-state index is 0.0161. The number of methoxy groups -OCH3 is 2. The van der Waals surface area contributed by atoms with Gasteiger partial charge in [-0.2, -0.15) is 0 Å². The Kier molecular flexibility index (Phi) is 8.34. The summed E-state index contributed by atoms with van der Waals surface area (Å²) in [6.07, 6.45) is 2.80. The lowest BCUT2D eigenvalue weighted by Crippen LogP contribution is -2.53. The Labute approximate surface area is 268 Å². The number of ketones is 2. The fourth-order valence-corrected chi connectivity index (χ4v) is 6.34. The highest BCUT2D eigenvalue weighted by atomic mass is 35.5. The minimum Gasteiger partial charge on any atom is -0.507 e. The second-order valence-corrected chi connectivity index (χ2v) is 11.4. The standard InChI is InChI=1S/C32H31ClN4O9/c1-16-11-19(38)25(29(40)32(16)30(41)26-22(42-2)14-23(43-3)27(33)28(26)46-32)18(17-5-6-20-21(12-17)45-15-44-20)13-24(39)34-9-10-37-31-35-7-4-8-36-31/h4-8,12,14,16,18,40H,9-11,13,15H2,1-3H3,(H,34,39)(H,35,36,37)/t16-,18?,32+/m1/s1. The summed E-state index contributed by atoms with van der Waals surface area (Å²) in [5.74, 6) is -2.19. The Hall–Kier alpha value is -5.04. The molecule has 3 atom stereocenters. The van der Waals surface area contributed by atoms with Gasteiger partial charge in [0.25, 0.3) is 0 Å². The number of aliphatic hydroxyl groups excluding tert-OH is 1. The lowest BCUT2D eigenvalue weighted by atomic mass is 9.69. The number of nitrogens with zero attached hydrogens (tertiary/aromatic N) is 2. The molecule has 1 aromatic heterocycles. The number of hydrogen-bond acceptors (Lipinski definition) is 12. The molecule has 14 heteroatoms. The van der Waals surface area contributed by atoms with Gasteiger partial charge >= 0.3 is 0 Å². The Morgan fingerprint density at radius 2 is 1.85 bits per heavy atom. The van der Waals surface area contributed by atoms with Gasteiger partial charge in [0.05, 0.1) is 14.2 Å². The fraction of sp³-hybridized carbons (Fsp3) is 0.344. The lowest BCUT2D eigenvalue weighted by molar-refractivity contribution is -0.121. The van der Waals surface area contributed by atoms with E-state index in [0.717, 1.165) is 0 Å². The highest BCUT2D eigenvalue weighted by molar-refractivity contribution is 6.35. The van der Waals surface area contributed by atoms with Crippen LogP contribution < -0.4 is 34.3 Å². The van der Waals surface area contributed by atoms with E-state index in [1.54, 1.807) is 43.6 Å². The van der Waals surface area contributed by atoms with Gasteiger partial charge in [-0.05, 0) is 23.8 Å². The normalized spacial score (nSPS) is 20.3. The zero-order valence-electron chi connectivity index (χ0n) is 25.2. The van der Waals surface area contributed by atoms with Crippen LogP contribution in [0.5, 0.6) is 28.7 Å². The van der Waals surface area contributed by atoms with Crippen molar-refractivity contribution in [2.75, 3.05) is 39.4 Å². The van der Waals surface area contributed by atoms with Crippen molar-refractivity contribution in [3.05, 3.63) is 70.2 Å². The third-order valence-corrected chi connectivity index (χ3v) is 8.70. The van der Waals surface area contributed by atoms with E-state index in [4.69, 9.17) is 35.3 Å². The van der Waals surface area contributed by atoms with Crippen molar-refractivity contribution in [1.29, 1.82) is 0 Å². The second kappa shape index (κ2) is 12.4. The molecule has 0 saturated carbocycles. The topological polar surface area (TPSA) is 167 Å². The Morgan fingerprint density at radius 3 is 2.59 bits per heavy atom. The first-order valence-electron chi connectivity index (χ1n) is 14.5. The van der Waals surface area contributed by atoms with Gasteiger partial charge in [-0.25, -0.2) is 9.97 Å². The van der Waals surface area contributed by atoms with Crippen molar-refractivity contribution >= 4 is 35.0 Å². The molecule has 3 aromatic rings. The largest absolute Gasteiger partial charge is 0.507 e. The number of fused-ring (bicyclic) bond motifs is 2. The molecule has 0 radical (unpaired) electrons. The van der Waals surface area contributed by atoms with Gasteiger partial charge in [0.1, 0.15) is 22.1 Å².